The van der Waals surface area contributed by atoms with Crippen LogP contribution in [-0.2, 0) is 0 Å². The average molecular weight is 278 g/mol. The first-order valence-electron chi connectivity index (χ1n) is 6.54. The van der Waals surface area contributed by atoms with E-state index in [1.165, 1.54) is 0 Å². The van der Waals surface area contributed by atoms with Crippen LogP contribution in [0.25, 0.3) is 22.3 Å². The summed E-state index contributed by atoms with van der Waals surface area (Å²) in [5.41, 5.74) is 8.90. The lowest BCUT2D eigenvalue weighted by atomic mass is 9.98. The zero-order chi connectivity index (χ0) is 14.7. The number of nitrogens with one attached hydrogen (secondary N) is 1. The van der Waals surface area contributed by atoms with Crippen LogP contribution in [0, 0.1) is 0 Å². The van der Waals surface area contributed by atoms with Gasteiger partial charge in [0.15, 0.2) is 0 Å². The molecule has 0 saturated carbocycles. The molecule has 4 heteroatoms. The molecule has 0 fully saturated rings. The Morgan fingerprint density at radius 1 is 0.905 bits per heavy atom. The number of furan rings is 1. The molecule has 0 atom stereocenters. The Labute approximate surface area is 122 Å². The minimum Gasteiger partial charge on any atom is -0.447 e. The number of primary amides is 1. The number of carbonyl (C=O) groups excluding carboxylic acids is 1. The van der Waals surface area contributed by atoms with Gasteiger partial charge in [-0.15, -0.1) is 0 Å². The van der Waals surface area contributed by atoms with Crippen LogP contribution in [0.2, 0.25) is 0 Å². The Morgan fingerprint density at radius 2 is 1.48 bits per heavy atom. The van der Waals surface area contributed by atoms with Gasteiger partial charge in [-0.2, -0.15) is 0 Å². The maximum Gasteiger partial charge on any atom is 0.318 e. The van der Waals surface area contributed by atoms with Gasteiger partial charge in [-0.3, -0.25) is 5.32 Å². The van der Waals surface area contributed by atoms with Gasteiger partial charge >= 0.3 is 6.03 Å². The summed E-state index contributed by atoms with van der Waals surface area (Å²) in [6.45, 7) is 0. The number of hydrogen-bond donors (Lipinski definition) is 2. The van der Waals surface area contributed by atoms with Crippen molar-refractivity contribution in [2.45, 2.75) is 0 Å². The summed E-state index contributed by atoms with van der Waals surface area (Å²) < 4.78 is 5.50. The lowest BCUT2D eigenvalue weighted by Gasteiger charge is -2.06. The first-order valence-corrected chi connectivity index (χ1v) is 6.54. The molecule has 0 bridgehead atoms. The second-order valence-electron chi connectivity index (χ2n) is 4.57. The van der Waals surface area contributed by atoms with Gasteiger partial charge in [0.2, 0.25) is 5.88 Å². The molecule has 0 aliphatic carbocycles. The topological polar surface area (TPSA) is 68.3 Å². The monoisotopic (exact) mass is 278 g/mol. The van der Waals surface area contributed by atoms with Gasteiger partial charge in [0.05, 0.1) is 5.56 Å². The van der Waals surface area contributed by atoms with Crippen molar-refractivity contribution in [3.05, 3.63) is 66.9 Å². The molecule has 0 radical (unpaired) electrons. The van der Waals surface area contributed by atoms with E-state index >= 15 is 0 Å². The van der Waals surface area contributed by atoms with Crippen molar-refractivity contribution >= 4 is 11.9 Å². The zero-order valence-corrected chi connectivity index (χ0v) is 11.2. The Bertz CT molecular complexity index is 749. The van der Waals surface area contributed by atoms with E-state index in [2.05, 4.69) is 5.32 Å². The van der Waals surface area contributed by atoms with E-state index in [1.54, 1.807) is 6.26 Å². The number of anilines is 1. The van der Waals surface area contributed by atoms with Crippen molar-refractivity contribution in [1.82, 2.24) is 0 Å². The quantitative estimate of drug-likeness (QED) is 0.757. The van der Waals surface area contributed by atoms with Crippen LogP contribution in [0.4, 0.5) is 10.7 Å². The lowest BCUT2D eigenvalue weighted by Crippen LogP contribution is -2.19. The summed E-state index contributed by atoms with van der Waals surface area (Å²) in [5, 5.41) is 2.53. The van der Waals surface area contributed by atoms with Gasteiger partial charge < -0.3 is 10.2 Å². The van der Waals surface area contributed by atoms with E-state index in [0.29, 0.717) is 5.88 Å². The van der Waals surface area contributed by atoms with E-state index in [0.717, 1.165) is 22.3 Å². The van der Waals surface area contributed by atoms with Gasteiger partial charge in [0.1, 0.15) is 6.26 Å². The summed E-state index contributed by atoms with van der Waals surface area (Å²) in [4.78, 5) is 11.1. The molecule has 3 N–H and O–H groups in total. The van der Waals surface area contributed by atoms with E-state index in [1.807, 2.05) is 60.7 Å². The lowest BCUT2D eigenvalue weighted by molar-refractivity contribution is 0.259. The Kier molecular flexibility index (Phi) is 3.43. The second kappa shape index (κ2) is 5.54. The molecular weight excluding hydrogens is 264 g/mol. The number of carbonyl (C=O) groups is 1. The van der Waals surface area contributed by atoms with E-state index in [-0.39, 0.29) is 0 Å². The molecule has 2 aromatic carbocycles. The highest BCUT2D eigenvalue weighted by atomic mass is 16.3. The molecule has 0 aliphatic heterocycles. The summed E-state index contributed by atoms with van der Waals surface area (Å²) in [5.74, 6) is 0.354. The molecule has 1 heterocycles. The molecule has 3 rings (SSSR count). The van der Waals surface area contributed by atoms with Gasteiger partial charge in [-0.1, -0.05) is 60.7 Å². The number of benzene rings is 2. The maximum atomic E-state index is 11.1. The number of nitrogens with two attached hydrogens (primary N) is 1. The highest BCUT2D eigenvalue weighted by Crippen LogP contribution is 2.39. The molecule has 4 nitrogen and oxygen atoms in total. The Hall–Kier alpha value is -3.01. The highest BCUT2D eigenvalue weighted by Gasteiger charge is 2.17. The molecule has 104 valence electrons. The van der Waals surface area contributed by atoms with Crippen molar-refractivity contribution in [1.29, 1.82) is 0 Å². The fourth-order valence-corrected chi connectivity index (χ4v) is 2.28. The average Bonchev–Trinajstić information content (AvgIpc) is 2.92. The minimum absolute atomic E-state index is 0.354. The van der Waals surface area contributed by atoms with Crippen molar-refractivity contribution in [2.24, 2.45) is 5.73 Å². The third-order valence-corrected chi connectivity index (χ3v) is 3.18. The van der Waals surface area contributed by atoms with Crippen LogP contribution in [-0.4, -0.2) is 6.03 Å². The third kappa shape index (κ3) is 2.65. The summed E-state index contributed by atoms with van der Waals surface area (Å²) in [6.07, 6.45) is 1.63. The normalized spacial score (nSPS) is 10.3. The van der Waals surface area contributed by atoms with Crippen molar-refractivity contribution < 1.29 is 9.21 Å². The van der Waals surface area contributed by atoms with Crippen LogP contribution in [0.3, 0.4) is 0 Å². The van der Waals surface area contributed by atoms with Crippen molar-refractivity contribution in [2.75, 3.05) is 5.32 Å². The molecule has 0 aliphatic rings. The van der Waals surface area contributed by atoms with Crippen molar-refractivity contribution in [3.8, 4) is 22.3 Å². The molecule has 0 spiro atoms. The molecule has 21 heavy (non-hydrogen) atoms. The van der Waals surface area contributed by atoms with E-state index in [9.17, 15) is 4.79 Å². The fourth-order valence-electron chi connectivity index (χ4n) is 2.28. The van der Waals surface area contributed by atoms with Gasteiger partial charge in [-0.05, 0) is 11.1 Å². The minimum atomic E-state index is -0.652. The molecule has 3 aromatic rings. The molecule has 2 amide bonds. The largest absolute Gasteiger partial charge is 0.447 e. The van der Waals surface area contributed by atoms with E-state index < -0.39 is 6.03 Å². The van der Waals surface area contributed by atoms with Crippen LogP contribution < -0.4 is 11.1 Å². The van der Waals surface area contributed by atoms with Gasteiger partial charge in [0.25, 0.3) is 0 Å². The molecular formula is C17H14N2O2. The number of rotatable bonds is 3. The zero-order valence-electron chi connectivity index (χ0n) is 11.2. The van der Waals surface area contributed by atoms with Gasteiger partial charge in [-0.25, -0.2) is 4.79 Å². The summed E-state index contributed by atoms with van der Waals surface area (Å²) in [6, 6.07) is 18.9. The third-order valence-electron chi connectivity index (χ3n) is 3.18. The molecule has 1 aromatic heterocycles. The second-order valence-corrected chi connectivity index (χ2v) is 4.57. The highest BCUT2D eigenvalue weighted by molar-refractivity contribution is 5.96. The summed E-state index contributed by atoms with van der Waals surface area (Å²) in [7, 11) is 0. The predicted molar refractivity (Wildman–Crippen MR) is 82.8 cm³/mol. The summed E-state index contributed by atoms with van der Waals surface area (Å²) >= 11 is 0. The molecule has 0 unspecified atom stereocenters. The smallest absolute Gasteiger partial charge is 0.318 e. The van der Waals surface area contributed by atoms with Crippen LogP contribution in [0.5, 0.6) is 0 Å². The SMILES string of the molecule is NC(=O)Nc1occ(-c2ccccc2)c1-c1ccccc1. The Morgan fingerprint density at radius 3 is 2.05 bits per heavy atom. The van der Waals surface area contributed by atoms with Crippen molar-refractivity contribution in [3.63, 3.8) is 0 Å². The maximum absolute atomic E-state index is 11.1. The predicted octanol–water partition coefficient (Wildman–Crippen LogP) is 4.10. The number of amides is 2. The first-order chi connectivity index (χ1) is 10.3. The standard InChI is InChI=1S/C17H14N2O2/c18-17(20)19-16-15(13-9-5-2-6-10-13)14(11-21-16)12-7-3-1-4-8-12/h1-11H,(H3,18,19,20). The number of hydrogen-bond acceptors (Lipinski definition) is 2. The molecule has 0 saturated heterocycles. The van der Waals surface area contributed by atoms with Crippen LogP contribution in [0.1, 0.15) is 0 Å². The van der Waals surface area contributed by atoms with Crippen LogP contribution >= 0.6 is 0 Å². The van der Waals surface area contributed by atoms with Gasteiger partial charge in [0, 0.05) is 5.56 Å². The van der Waals surface area contributed by atoms with Crippen LogP contribution in [0.15, 0.2) is 71.3 Å². The fraction of sp³-hybridized carbons (Fsp3) is 0. The Balaban J connectivity index is 2.18. The first kappa shape index (κ1) is 13.0. The number of urea groups is 1. The van der Waals surface area contributed by atoms with E-state index in [4.69, 9.17) is 10.2 Å².